The predicted octanol–water partition coefficient (Wildman–Crippen LogP) is 7.59. The van der Waals surface area contributed by atoms with Crippen molar-refractivity contribution in [3.63, 3.8) is 0 Å². The summed E-state index contributed by atoms with van der Waals surface area (Å²) in [6.45, 7) is 1.79. The number of thioether (sulfide) groups is 1. The molecule has 0 radical (unpaired) electrons. The highest BCUT2D eigenvalue weighted by molar-refractivity contribution is 8.00. The molecule has 11 heteroatoms. The van der Waals surface area contributed by atoms with Gasteiger partial charge < -0.3 is 30.5 Å². The minimum Gasteiger partial charge on any atom is -0.497 e. The molecule has 10 nitrogen and oxygen atoms in total. The van der Waals surface area contributed by atoms with E-state index < -0.39 is 23.0 Å². The van der Waals surface area contributed by atoms with Gasteiger partial charge in [0, 0.05) is 27.4 Å². The van der Waals surface area contributed by atoms with Gasteiger partial charge in [-0.05, 0) is 84.8 Å². The molecule has 51 heavy (non-hydrogen) atoms. The highest BCUT2D eigenvalue weighted by atomic mass is 32.2. The van der Waals surface area contributed by atoms with Gasteiger partial charge in [0.1, 0.15) is 22.4 Å². The van der Waals surface area contributed by atoms with Crippen molar-refractivity contribution in [2.24, 2.45) is 0 Å². The zero-order valence-electron chi connectivity index (χ0n) is 28.0. The number of carbonyl (C=O) groups is 4. The average molecular weight is 702 g/mol. The van der Waals surface area contributed by atoms with Gasteiger partial charge in [-0.1, -0.05) is 60.7 Å². The van der Waals surface area contributed by atoms with Gasteiger partial charge in [0.2, 0.25) is 5.91 Å². The highest BCUT2D eigenvalue weighted by Crippen LogP contribution is 2.37. The molecule has 0 aliphatic heterocycles. The molecule has 5 rings (SSSR count). The van der Waals surface area contributed by atoms with Gasteiger partial charge in [-0.2, -0.15) is 0 Å². The van der Waals surface area contributed by atoms with E-state index >= 15 is 0 Å². The summed E-state index contributed by atoms with van der Waals surface area (Å²) >= 11 is 1.26. The standard InChI is InChI=1S/C40H35N3O7S/c1-25-17-18-28(40(47)48)22-33(25)42-39(46)36(26-11-6-4-7-12-26)51-32-16-10-15-30(24-32)41-38(45)34(43-37(44)27-13-8-5-9-14-27)23-29-21-31(49-2)19-20-35(29)50-3/h4-24,36H,1-3H3,(H,41,45)(H,42,46)(H,43,44)(H,47,48)/b34-23+. The van der Waals surface area contributed by atoms with E-state index in [1.54, 1.807) is 79.7 Å². The second-order valence-corrected chi connectivity index (χ2v) is 12.4. The Morgan fingerprint density at radius 3 is 2.16 bits per heavy atom. The molecular weight excluding hydrogens is 667 g/mol. The van der Waals surface area contributed by atoms with Crippen molar-refractivity contribution in [2.75, 3.05) is 24.9 Å². The summed E-state index contributed by atoms with van der Waals surface area (Å²) in [6.07, 6.45) is 1.51. The first-order valence-corrected chi connectivity index (χ1v) is 16.6. The Bertz CT molecular complexity index is 2090. The molecule has 5 aromatic rings. The number of rotatable bonds is 13. The Kier molecular flexibility index (Phi) is 11.9. The summed E-state index contributed by atoms with van der Waals surface area (Å²) in [5, 5.41) is 17.2. The van der Waals surface area contributed by atoms with Crippen LogP contribution in [0.2, 0.25) is 0 Å². The molecule has 0 aromatic heterocycles. The second-order valence-electron chi connectivity index (χ2n) is 11.2. The predicted molar refractivity (Wildman–Crippen MR) is 198 cm³/mol. The number of nitrogens with one attached hydrogen (secondary N) is 3. The number of aromatic carboxylic acids is 1. The number of hydrogen-bond donors (Lipinski definition) is 4. The number of aryl methyl sites for hydroxylation is 1. The monoisotopic (exact) mass is 701 g/mol. The number of anilines is 2. The minimum absolute atomic E-state index is 0.0473. The Morgan fingerprint density at radius 1 is 0.745 bits per heavy atom. The van der Waals surface area contributed by atoms with E-state index in [1.165, 1.54) is 44.2 Å². The maximum atomic E-state index is 13.8. The van der Waals surface area contributed by atoms with Crippen molar-refractivity contribution in [3.8, 4) is 11.5 Å². The van der Waals surface area contributed by atoms with Crippen LogP contribution in [0.4, 0.5) is 11.4 Å². The van der Waals surface area contributed by atoms with Crippen LogP contribution in [0.25, 0.3) is 6.08 Å². The first-order chi connectivity index (χ1) is 24.6. The Morgan fingerprint density at radius 2 is 1.47 bits per heavy atom. The normalized spacial score (nSPS) is 11.5. The van der Waals surface area contributed by atoms with E-state index in [4.69, 9.17) is 9.47 Å². The number of amides is 3. The lowest BCUT2D eigenvalue weighted by Crippen LogP contribution is -2.30. The Labute approximate surface area is 299 Å². The number of carboxylic acids is 1. The largest absolute Gasteiger partial charge is 0.497 e. The average Bonchev–Trinajstić information content (AvgIpc) is 3.15. The lowest BCUT2D eigenvalue weighted by Gasteiger charge is -2.19. The molecule has 0 heterocycles. The van der Waals surface area contributed by atoms with E-state index in [1.807, 2.05) is 36.4 Å². The van der Waals surface area contributed by atoms with E-state index in [0.717, 1.165) is 5.56 Å². The van der Waals surface area contributed by atoms with Crippen LogP contribution >= 0.6 is 11.8 Å². The lowest BCUT2D eigenvalue weighted by atomic mass is 10.1. The van der Waals surface area contributed by atoms with Crippen LogP contribution in [0.3, 0.4) is 0 Å². The topological polar surface area (TPSA) is 143 Å². The van der Waals surface area contributed by atoms with Gasteiger partial charge in [0.15, 0.2) is 0 Å². The molecular formula is C40H35N3O7S. The van der Waals surface area contributed by atoms with Gasteiger partial charge >= 0.3 is 5.97 Å². The minimum atomic E-state index is -1.10. The van der Waals surface area contributed by atoms with E-state index in [9.17, 15) is 24.3 Å². The van der Waals surface area contributed by atoms with Crippen LogP contribution in [0, 0.1) is 6.92 Å². The number of carbonyl (C=O) groups excluding carboxylic acids is 3. The zero-order chi connectivity index (χ0) is 36.3. The smallest absolute Gasteiger partial charge is 0.335 e. The number of carboxylic acid groups (broad SMARTS) is 1. The lowest BCUT2D eigenvalue weighted by molar-refractivity contribution is -0.116. The Balaban J connectivity index is 1.42. The fourth-order valence-electron chi connectivity index (χ4n) is 5.02. The van der Waals surface area contributed by atoms with Crippen molar-refractivity contribution < 1.29 is 33.8 Å². The van der Waals surface area contributed by atoms with Gasteiger partial charge in [-0.3, -0.25) is 14.4 Å². The molecule has 1 atom stereocenters. The van der Waals surface area contributed by atoms with Crippen LogP contribution in [0.1, 0.15) is 42.7 Å². The molecule has 0 saturated heterocycles. The molecule has 3 amide bonds. The Hall–Kier alpha value is -6.33. The van der Waals surface area contributed by atoms with E-state index in [2.05, 4.69) is 16.0 Å². The van der Waals surface area contributed by atoms with Gasteiger partial charge in [-0.25, -0.2) is 4.79 Å². The zero-order valence-corrected chi connectivity index (χ0v) is 28.8. The molecule has 0 saturated carbocycles. The van der Waals surface area contributed by atoms with Crippen molar-refractivity contribution >= 4 is 52.9 Å². The third-order valence-corrected chi connectivity index (χ3v) is 8.94. The number of hydrogen-bond acceptors (Lipinski definition) is 7. The molecule has 5 aromatic carbocycles. The summed E-state index contributed by atoms with van der Waals surface area (Å²) in [5.41, 5.74) is 3.12. The molecule has 4 N–H and O–H groups in total. The maximum Gasteiger partial charge on any atom is 0.335 e. The van der Waals surface area contributed by atoms with Gasteiger partial charge in [-0.15, -0.1) is 11.8 Å². The molecule has 1 unspecified atom stereocenters. The second kappa shape index (κ2) is 16.9. The first-order valence-electron chi connectivity index (χ1n) is 15.7. The summed E-state index contributed by atoms with van der Waals surface area (Å²) in [7, 11) is 3.02. The highest BCUT2D eigenvalue weighted by Gasteiger charge is 2.24. The van der Waals surface area contributed by atoms with Crippen molar-refractivity contribution in [2.45, 2.75) is 17.1 Å². The summed E-state index contributed by atoms with van der Waals surface area (Å²) in [6, 6.07) is 34.4. The maximum absolute atomic E-state index is 13.8. The fourth-order valence-corrected chi connectivity index (χ4v) is 6.10. The quantitative estimate of drug-likeness (QED) is 0.0727. The molecule has 258 valence electrons. The number of benzene rings is 5. The van der Waals surface area contributed by atoms with Crippen molar-refractivity contribution in [3.05, 3.63) is 155 Å². The molecule has 0 aliphatic rings. The summed E-state index contributed by atoms with van der Waals surface area (Å²) in [5.74, 6) is -1.54. The molecule has 0 aliphatic carbocycles. The van der Waals surface area contributed by atoms with Gasteiger partial charge in [0.25, 0.3) is 11.8 Å². The van der Waals surface area contributed by atoms with Crippen LogP contribution in [-0.4, -0.2) is 43.0 Å². The number of methoxy groups -OCH3 is 2. The van der Waals surface area contributed by atoms with Crippen molar-refractivity contribution in [1.82, 2.24) is 5.32 Å². The fraction of sp³-hybridized carbons (Fsp3) is 0.100. The van der Waals surface area contributed by atoms with E-state index in [0.29, 0.717) is 44.5 Å². The van der Waals surface area contributed by atoms with Gasteiger partial charge in [0.05, 0.1) is 19.8 Å². The third-order valence-electron chi connectivity index (χ3n) is 7.69. The molecule has 0 bridgehead atoms. The summed E-state index contributed by atoms with van der Waals surface area (Å²) in [4.78, 5) is 53.1. The first kappa shape index (κ1) is 36.0. The van der Waals surface area contributed by atoms with E-state index in [-0.39, 0.29) is 17.2 Å². The summed E-state index contributed by atoms with van der Waals surface area (Å²) < 4.78 is 10.9. The van der Waals surface area contributed by atoms with Crippen molar-refractivity contribution in [1.29, 1.82) is 0 Å². The number of ether oxygens (including phenoxy) is 2. The van der Waals surface area contributed by atoms with Crippen LogP contribution in [0.15, 0.2) is 132 Å². The SMILES string of the molecule is COc1ccc(OC)c(/C=C(/NC(=O)c2ccccc2)C(=O)Nc2cccc(SC(C(=O)Nc3cc(C(=O)O)ccc3C)c3ccccc3)c2)c1. The van der Waals surface area contributed by atoms with Crippen LogP contribution in [-0.2, 0) is 9.59 Å². The third kappa shape index (κ3) is 9.43. The molecule has 0 spiro atoms. The van der Waals surface area contributed by atoms with Crippen LogP contribution < -0.4 is 25.4 Å². The molecule has 0 fully saturated rings. The van der Waals surface area contributed by atoms with Crippen LogP contribution in [0.5, 0.6) is 11.5 Å².